The molecule has 4 N–H and O–H groups in total. The number of nitrogens with zero attached hydrogens (tertiary/aromatic N) is 5. The van der Waals surface area contributed by atoms with Gasteiger partial charge in [-0.15, -0.1) is 0 Å². The molecular weight excluding hydrogens is 547 g/mol. The molecule has 0 radical (unpaired) electrons. The number of halogens is 1. The fraction of sp³-hybridized carbons (Fsp3) is 0.357. The summed E-state index contributed by atoms with van der Waals surface area (Å²) in [6.45, 7) is 7.61. The molecule has 1 atom stereocenters. The van der Waals surface area contributed by atoms with E-state index in [1.807, 2.05) is 0 Å². The Morgan fingerprint density at radius 3 is 2.66 bits per heavy atom. The van der Waals surface area contributed by atoms with Crippen LogP contribution in [0.15, 0.2) is 48.9 Å². The van der Waals surface area contributed by atoms with Crippen molar-refractivity contribution in [2.45, 2.75) is 46.3 Å². The van der Waals surface area contributed by atoms with Gasteiger partial charge in [-0.05, 0) is 45.0 Å². The third-order valence-electron chi connectivity index (χ3n) is 5.91. The Labute approximate surface area is 241 Å². The summed E-state index contributed by atoms with van der Waals surface area (Å²) >= 11 is 1.37. The van der Waals surface area contributed by atoms with Crippen LogP contribution in [0.4, 0.5) is 26.4 Å². The first-order valence-corrected chi connectivity index (χ1v) is 13.9. The molecule has 0 bridgehead atoms. The fourth-order valence-corrected chi connectivity index (χ4v) is 4.74. The maximum absolute atomic E-state index is 14.0. The van der Waals surface area contributed by atoms with Gasteiger partial charge in [-0.25, -0.2) is 24.1 Å². The number of carbonyl (C=O) groups is 2. The van der Waals surface area contributed by atoms with Crippen molar-refractivity contribution < 1.29 is 18.7 Å². The number of nitrogen functional groups attached to an aromatic ring is 1. The van der Waals surface area contributed by atoms with E-state index in [-0.39, 0.29) is 31.2 Å². The zero-order valence-corrected chi connectivity index (χ0v) is 24.2. The Morgan fingerprint density at radius 1 is 1.15 bits per heavy atom. The molecule has 0 saturated carbocycles. The summed E-state index contributed by atoms with van der Waals surface area (Å²) in [5, 5.41) is 6.62. The lowest BCUT2D eigenvalue weighted by Crippen LogP contribution is -2.42. The van der Waals surface area contributed by atoms with Gasteiger partial charge in [0.2, 0.25) is 5.91 Å². The number of nitrogens with one attached hydrogen (secondary N) is 2. The monoisotopic (exact) mass is 580 g/mol. The molecule has 1 aromatic carbocycles. The van der Waals surface area contributed by atoms with Crippen LogP contribution in [0.25, 0.3) is 10.3 Å². The number of pyridine rings is 1. The third-order valence-corrected chi connectivity index (χ3v) is 6.93. The number of nitrogens with two attached hydrogens (primary N) is 1. The van der Waals surface area contributed by atoms with E-state index in [0.717, 1.165) is 5.01 Å². The second-order valence-electron chi connectivity index (χ2n) is 10.4. The SMILES string of the molecule is CC(CN(CCc1nc2c(NCc3ncccc3F)ncnc2s1)C(=O)OC(C)(C)C)C(=O)Nc1ccccc1N. The van der Waals surface area contributed by atoms with Crippen LogP contribution in [-0.2, 0) is 22.5 Å². The molecule has 2 amide bonds. The highest BCUT2D eigenvalue weighted by atomic mass is 32.1. The van der Waals surface area contributed by atoms with Gasteiger partial charge in [-0.3, -0.25) is 9.78 Å². The molecule has 3 aromatic heterocycles. The van der Waals surface area contributed by atoms with E-state index in [1.54, 1.807) is 52.0 Å². The van der Waals surface area contributed by atoms with Crippen LogP contribution >= 0.6 is 11.3 Å². The predicted octanol–water partition coefficient (Wildman–Crippen LogP) is 4.87. The Morgan fingerprint density at radius 2 is 1.93 bits per heavy atom. The van der Waals surface area contributed by atoms with Crippen molar-refractivity contribution in [3.05, 3.63) is 65.4 Å². The molecule has 0 aliphatic carbocycles. The molecule has 0 fully saturated rings. The van der Waals surface area contributed by atoms with Crippen LogP contribution in [0.3, 0.4) is 0 Å². The lowest BCUT2D eigenvalue weighted by Gasteiger charge is -2.29. The second-order valence-corrected chi connectivity index (χ2v) is 11.5. The van der Waals surface area contributed by atoms with E-state index in [0.29, 0.717) is 34.0 Å². The first-order chi connectivity index (χ1) is 19.5. The molecule has 1 unspecified atom stereocenters. The summed E-state index contributed by atoms with van der Waals surface area (Å²) in [6.07, 6.45) is 2.80. The highest BCUT2D eigenvalue weighted by molar-refractivity contribution is 7.18. The summed E-state index contributed by atoms with van der Waals surface area (Å²) in [6, 6.07) is 9.86. The van der Waals surface area contributed by atoms with E-state index < -0.39 is 23.4 Å². The number of hydrogen-bond donors (Lipinski definition) is 3. The minimum atomic E-state index is -0.710. The number of ether oxygens (including phenoxy) is 1. The summed E-state index contributed by atoms with van der Waals surface area (Å²) in [7, 11) is 0. The normalized spacial score (nSPS) is 12.1. The topological polar surface area (TPSA) is 148 Å². The van der Waals surface area contributed by atoms with E-state index in [9.17, 15) is 14.0 Å². The molecule has 0 saturated heterocycles. The average Bonchev–Trinajstić information content (AvgIpc) is 3.34. The third kappa shape index (κ3) is 8.07. The summed E-state index contributed by atoms with van der Waals surface area (Å²) in [5.74, 6) is -0.781. The molecule has 3 heterocycles. The number of anilines is 3. The van der Waals surface area contributed by atoms with Crippen molar-refractivity contribution in [2.24, 2.45) is 5.92 Å². The summed E-state index contributed by atoms with van der Waals surface area (Å²) in [5.41, 5.74) is 7.02. The number of rotatable bonds is 10. The average molecular weight is 581 g/mol. The number of thiazole rings is 1. The van der Waals surface area contributed by atoms with Gasteiger partial charge in [0.15, 0.2) is 5.82 Å². The van der Waals surface area contributed by atoms with Gasteiger partial charge in [-0.2, -0.15) is 0 Å². The highest BCUT2D eigenvalue weighted by Gasteiger charge is 2.26. The first kappa shape index (κ1) is 29.6. The smallest absolute Gasteiger partial charge is 0.410 e. The van der Waals surface area contributed by atoms with E-state index in [4.69, 9.17) is 10.5 Å². The van der Waals surface area contributed by atoms with Gasteiger partial charge in [-0.1, -0.05) is 30.4 Å². The summed E-state index contributed by atoms with van der Waals surface area (Å²) < 4.78 is 19.6. The standard InChI is InChI=1S/C28H33FN8O3S/c1-17(25(38)35-20-10-6-5-9-19(20)30)15-37(27(39)40-28(2,3)4)13-11-22-36-23-24(33-16-34-26(23)41-22)32-14-21-18(29)8-7-12-31-21/h5-10,12,16-17H,11,13-15,30H2,1-4H3,(H,35,38)(H,32,33,34). The van der Waals surface area contributed by atoms with Crippen molar-refractivity contribution in [2.75, 3.05) is 29.5 Å². The molecule has 0 aliphatic rings. The van der Waals surface area contributed by atoms with Gasteiger partial charge in [0.1, 0.15) is 28.1 Å². The number of aromatic nitrogens is 4. The van der Waals surface area contributed by atoms with Crippen LogP contribution in [0.1, 0.15) is 38.4 Å². The molecule has 41 heavy (non-hydrogen) atoms. The molecule has 4 rings (SSSR count). The maximum Gasteiger partial charge on any atom is 0.410 e. The van der Waals surface area contributed by atoms with Crippen LogP contribution < -0.4 is 16.4 Å². The van der Waals surface area contributed by atoms with Crippen LogP contribution in [0.5, 0.6) is 0 Å². The van der Waals surface area contributed by atoms with Gasteiger partial charge >= 0.3 is 6.09 Å². The number of carbonyl (C=O) groups excluding carboxylic acids is 2. The molecule has 216 valence electrons. The number of hydrogen-bond acceptors (Lipinski definition) is 10. The number of benzene rings is 1. The highest BCUT2D eigenvalue weighted by Crippen LogP contribution is 2.26. The minimum Gasteiger partial charge on any atom is -0.444 e. The lowest BCUT2D eigenvalue weighted by atomic mass is 10.1. The molecule has 11 nitrogen and oxygen atoms in total. The molecular formula is C28H33FN8O3S. The number of para-hydroxylation sites is 2. The maximum atomic E-state index is 14.0. The van der Waals surface area contributed by atoms with Crippen LogP contribution in [0.2, 0.25) is 0 Å². The van der Waals surface area contributed by atoms with Crippen molar-refractivity contribution in [3.63, 3.8) is 0 Å². The first-order valence-electron chi connectivity index (χ1n) is 13.1. The van der Waals surface area contributed by atoms with Crippen LogP contribution in [-0.4, -0.2) is 55.5 Å². The molecule has 0 aliphatic heterocycles. The zero-order chi connectivity index (χ0) is 29.6. The fourth-order valence-electron chi connectivity index (χ4n) is 3.84. The zero-order valence-electron chi connectivity index (χ0n) is 23.3. The lowest BCUT2D eigenvalue weighted by molar-refractivity contribution is -0.119. The molecule has 4 aromatic rings. The minimum absolute atomic E-state index is 0.126. The van der Waals surface area contributed by atoms with Gasteiger partial charge in [0, 0.05) is 25.7 Å². The predicted molar refractivity (Wildman–Crippen MR) is 157 cm³/mol. The largest absolute Gasteiger partial charge is 0.444 e. The van der Waals surface area contributed by atoms with E-state index in [2.05, 4.69) is 30.6 Å². The quantitative estimate of drug-likeness (QED) is 0.223. The van der Waals surface area contributed by atoms with Gasteiger partial charge < -0.3 is 26.0 Å². The number of amides is 2. The number of fused-ring (bicyclic) bond motifs is 1. The Bertz CT molecular complexity index is 1520. The van der Waals surface area contributed by atoms with Crippen molar-refractivity contribution in [3.8, 4) is 0 Å². The second kappa shape index (κ2) is 12.9. The van der Waals surface area contributed by atoms with E-state index in [1.165, 1.54) is 40.9 Å². The van der Waals surface area contributed by atoms with Gasteiger partial charge in [0.25, 0.3) is 0 Å². The van der Waals surface area contributed by atoms with Gasteiger partial charge in [0.05, 0.1) is 34.5 Å². The van der Waals surface area contributed by atoms with E-state index >= 15 is 0 Å². The van der Waals surface area contributed by atoms with Crippen molar-refractivity contribution >= 4 is 50.9 Å². The van der Waals surface area contributed by atoms with Crippen molar-refractivity contribution in [1.29, 1.82) is 0 Å². The Kier molecular flexibility index (Phi) is 9.28. The Hall–Kier alpha value is -4.39. The van der Waals surface area contributed by atoms with Crippen molar-refractivity contribution in [1.82, 2.24) is 24.8 Å². The molecule has 0 spiro atoms. The Balaban J connectivity index is 1.46. The van der Waals surface area contributed by atoms with Crippen LogP contribution in [0, 0.1) is 11.7 Å². The summed E-state index contributed by atoms with van der Waals surface area (Å²) in [4.78, 5) is 45.5. The molecule has 13 heteroatoms.